The normalized spacial score (nSPS) is 21.5. The van der Waals surface area contributed by atoms with Crippen LogP contribution >= 0.6 is 24.0 Å². The molecule has 28 heavy (non-hydrogen) atoms. The first-order valence-electron chi connectivity index (χ1n) is 10.0. The third-order valence-electron chi connectivity index (χ3n) is 5.58. The Hall–Kier alpha value is -0.870. The Labute approximate surface area is 186 Å². The van der Waals surface area contributed by atoms with E-state index in [9.17, 15) is 8.42 Å². The summed E-state index contributed by atoms with van der Waals surface area (Å²) in [6, 6.07) is 9.09. The summed E-state index contributed by atoms with van der Waals surface area (Å²) in [7, 11) is -3.06. The maximum atomic E-state index is 11.6. The van der Waals surface area contributed by atoms with E-state index in [1.807, 2.05) is 0 Å². The van der Waals surface area contributed by atoms with Gasteiger partial charge < -0.3 is 10.6 Å². The van der Waals surface area contributed by atoms with Crippen LogP contribution in [0.4, 0.5) is 0 Å². The van der Waals surface area contributed by atoms with Crippen molar-refractivity contribution in [3.05, 3.63) is 35.4 Å². The fourth-order valence-corrected chi connectivity index (χ4v) is 4.85. The van der Waals surface area contributed by atoms with E-state index in [0.29, 0.717) is 25.0 Å². The van der Waals surface area contributed by atoms with Crippen LogP contribution in [0.15, 0.2) is 29.3 Å². The van der Waals surface area contributed by atoms with Gasteiger partial charge in [-0.1, -0.05) is 24.3 Å². The highest BCUT2D eigenvalue weighted by atomic mass is 127. The van der Waals surface area contributed by atoms with Gasteiger partial charge in [0.15, 0.2) is 5.96 Å². The van der Waals surface area contributed by atoms with Gasteiger partial charge in [0.05, 0.1) is 6.26 Å². The lowest BCUT2D eigenvalue weighted by molar-refractivity contribution is 0.280. The van der Waals surface area contributed by atoms with Crippen molar-refractivity contribution in [2.75, 3.05) is 32.4 Å². The van der Waals surface area contributed by atoms with Crippen LogP contribution in [0, 0.1) is 5.92 Å². The Balaban J connectivity index is 0.00000280. The highest BCUT2D eigenvalue weighted by Crippen LogP contribution is 2.21. The second kappa shape index (κ2) is 10.8. The van der Waals surface area contributed by atoms with Gasteiger partial charge in [0.25, 0.3) is 0 Å². The molecule has 1 aliphatic heterocycles. The van der Waals surface area contributed by atoms with E-state index < -0.39 is 10.0 Å². The molecule has 1 fully saturated rings. The molecule has 1 aromatic carbocycles. The van der Waals surface area contributed by atoms with Gasteiger partial charge in [0.2, 0.25) is 10.0 Å². The van der Waals surface area contributed by atoms with Gasteiger partial charge in [0.1, 0.15) is 0 Å². The van der Waals surface area contributed by atoms with E-state index in [2.05, 4.69) is 41.8 Å². The SMILES string of the molecule is CCNC(=NCC1CCN(S(C)(=O)=O)CC1)NC1CCc2ccccc2C1.I. The molecule has 2 aliphatic rings. The van der Waals surface area contributed by atoms with Gasteiger partial charge in [-0.05, 0) is 56.1 Å². The molecule has 0 saturated carbocycles. The minimum Gasteiger partial charge on any atom is -0.357 e. The third-order valence-corrected chi connectivity index (χ3v) is 6.89. The summed E-state index contributed by atoms with van der Waals surface area (Å²) in [5.41, 5.74) is 2.90. The van der Waals surface area contributed by atoms with Crippen molar-refractivity contribution in [3.8, 4) is 0 Å². The van der Waals surface area contributed by atoms with Crippen LogP contribution in [0.25, 0.3) is 0 Å². The first kappa shape index (κ1) is 23.4. The van der Waals surface area contributed by atoms with Crippen molar-refractivity contribution >= 4 is 40.0 Å². The Bertz CT molecular complexity index is 761. The summed E-state index contributed by atoms with van der Waals surface area (Å²) in [5, 5.41) is 6.96. The van der Waals surface area contributed by atoms with Crippen molar-refractivity contribution in [1.29, 1.82) is 0 Å². The second-order valence-corrected chi connectivity index (χ2v) is 9.66. The van der Waals surface area contributed by atoms with E-state index in [1.165, 1.54) is 17.4 Å². The number of fused-ring (bicyclic) bond motifs is 1. The lowest BCUT2D eigenvalue weighted by Crippen LogP contribution is -2.46. The zero-order valence-electron chi connectivity index (χ0n) is 16.9. The fourth-order valence-electron chi connectivity index (χ4n) is 3.98. The van der Waals surface area contributed by atoms with Crippen LogP contribution in [0.5, 0.6) is 0 Å². The monoisotopic (exact) mass is 520 g/mol. The van der Waals surface area contributed by atoms with Crippen LogP contribution in [0.1, 0.15) is 37.3 Å². The highest BCUT2D eigenvalue weighted by molar-refractivity contribution is 14.0. The van der Waals surface area contributed by atoms with Crippen molar-refractivity contribution in [1.82, 2.24) is 14.9 Å². The standard InChI is InChI=1S/C20H32N4O2S.HI/c1-3-21-20(22-15-16-10-12-24(13-11-16)27(2,25)26)23-19-9-8-17-6-4-5-7-18(17)14-19;/h4-7,16,19H,3,8-15H2,1-2H3,(H2,21,22,23);1H. The molecule has 0 bridgehead atoms. The number of halogens is 1. The topological polar surface area (TPSA) is 73.8 Å². The minimum atomic E-state index is -3.06. The quantitative estimate of drug-likeness (QED) is 0.356. The molecule has 1 aliphatic carbocycles. The Morgan fingerprint density at radius 3 is 2.50 bits per heavy atom. The van der Waals surface area contributed by atoms with Gasteiger partial charge in [-0.2, -0.15) is 0 Å². The number of benzene rings is 1. The number of aliphatic imine (C=N–C) groups is 1. The van der Waals surface area contributed by atoms with Gasteiger partial charge in [0, 0.05) is 32.2 Å². The molecular formula is C20H33IN4O2S. The lowest BCUT2D eigenvalue weighted by atomic mass is 9.88. The number of guanidine groups is 1. The van der Waals surface area contributed by atoms with E-state index >= 15 is 0 Å². The molecule has 1 unspecified atom stereocenters. The molecule has 1 atom stereocenters. The molecule has 0 spiro atoms. The molecule has 158 valence electrons. The summed E-state index contributed by atoms with van der Waals surface area (Å²) in [6.07, 6.45) is 6.32. The van der Waals surface area contributed by atoms with Crippen LogP contribution < -0.4 is 10.6 Å². The molecule has 0 radical (unpaired) electrons. The fraction of sp³-hybridized carbons (Fsp3) is 0.650. The summed E-state index contributed by atoms with van der Waals surface area (Å²) < 4.78 is 24.8. The van der Waals surface area contributed by atoms with E-state index in [1.54, 1.807) is 4.31 Å². The van der Waals surface area contributed by atoms with Crippen molar-refractivity contribution in [2.45, 2.75) is 45.1 Å². The molecule has 0 aromatic heterocycles. The number of hydrogen-bond acceptors (Lipinski definition) is 3. The van der Waals surface area contributed by atoms with Crippen molar-refractivity contribution in [2.24, 2.45) is 10.9 Å². The third kappa shape index (κ3) is 6.59. The molecule has 1 aromatic rings. The number of hydrogen-bond donors (Lipinski definition) is 2. The van der Waals surface area contributed by atoms with Crippen molar-refractivity contribution in [3.63, 3.8) is 0 Å². The Morgan fingerprint density at radius 2 is 1.86 bits per heavy atom. The summed E-state index contributed by atoms with van der Waals surface area (Å²) in [4.78, 5) is 4.80. The molecule has 1 saturated heterocycles. The lowest BCUT2D eigenvalue weighted by Gasteiger charge is -2.30. The maximum Gasteiger partial charge on any atom is 0.211 e. The smallest absolute Gasteiger partial charge is 0.211 e. The molecule has 3 rings (SSSR count). The second-order valence-electron chi connectivity index (χ2n) is 7.68. The van der Waals surface area contributed by atoms with E-state index in [4.69, 9.17) is 4.99 Å². The van der Waals surface area contributed by atoms with Crippen LogP contribution in [0.2, 0.25) is 0 Å². The average Bonchev–Trinajstić information content (AvgIpc) is 2.66. The van der Waals surface area contributed by atoms with Gasteiger partial charge >= 0.3 is 0 Å². The van der Waals surface area contributed by atoms with Crippen LogP contribution in [0.3, 0.4) is 0 Å². The predicted octanol–water partition coefficient (Wildman–Crippen LogP) is 2.39. The molecule has 8 heteroatoms. The van der Waals surface area contributed by atoms with Crippen LogP contribution in [-0.4, -0.2) is 57.2 Å². The Morgan fingerprint density at radius 1 is 1.18 bits per heavy atom. The van der Waals surface area contributed by atoms with E-state index in [-0.39, 0.29) is 24.0 Å². The van der Waals surface area contributed by atoms with Crippen molar-refractivity contribution < 1.29 is 8.42 Å². The Kier molecular flexibility index (Phi) is 9.01. The van der Waals surface area contributed by atoms with Gasteiger partial charge in [-0.25, -0.2) is 12.7 Å². The number of nitrogens with zero attached hydrogens (tertiary/aromatic N) is 2. The first-order chi connectivity index (χ1) is 13.0. The largest absolute Gasteiger partial charge is 0.357 e. The number of aryl methyl sites for hydroxylation is 1. The maximum absolute atomic E-state index is 11.6. The summed E-state index contributed by atoms with van der Waals surface area (Å²) in [6.45, 7) is 4.89. The first-order valence-corrected chi connectivity index (χ1v) is 11.9. The molecule has 6 nitrogen and oxygen atoms in total. The summed E-state index contributed by atoms with van der Waals surface area (Å²) >= 11 is 0. The number of sulfonamides is 1. The molecular weight excluding hydrogens is 487 g/mol. The molecule has 1 heterocycles. The zero-order chi connectivity index (χ0) is 19.3. The van der Waals surface area contributed by atoms with E-state index in [0.717, 1.165) is 51.2 Å². The van der Waals surface area contributed by atoms with Gasteiger partial charge in [-0.15, -0.1) is 24.0 Å². The van der Waals surface area contributed by atoms with Gasteiger partial charge in [-0.3, -0.25) is 4.99 Å². The number of nitrogens with one attached hydrogen (secondary N) is 2. The highest BCUT2D eigenvalue weighted by Gasteiger charge is 2.25. The number of rotatable bonds is 5. The zero-order valence-corrected chi connectivity index (χ0v) is 20.0. The average molecular weight is 520 g/mol. The molecule has 0 amide bonds. The molecule has 2 N–H and O–H groups in total. The van der Waals surface area contributed by atoms with Crippen LogP contribution in [-0.2, 0) is 22.9 Å². The predicted molar refractivity (Wildman–Crippen MR) is 126 cm³/mol. The summed E-state index contributed by atoms with van der Waals surface area (Å²) in [5.74, 6) is 1.33. The minimum absolute atomic E-state index is 0. The number of piperidine rings is 1.